The minimum atomic E-state index is -0.478. The Morgan fingerprint density at radius 3 is 2.54 bits per heavy atom. The fourth-order valence-corrected chi connectivity index (χ4v) is 3.63. The molecule has 0 fully saturated rings. The second-order valence-electron chi connectivity index (χ2n) is 5.86. The molecule has 0 aliphatic heterocycles. The average molecular weight is 368 g/mol. The summed E-state index contributed by atoms with van der Waals surface area (Å²) in [7, 11) is 1.35. The third-order valence-electron chi connectivity index (χ3n) is 4.16. The van der Waals surface area contributed by atoms with Gasteiger partial charge in [0.1, 0.15) is 5.25 Å². The number of aryl methyl sites for hydroxylation is 1. The van der Waals surface area contributed by atoms with Crippen molar-refractivity contribution in [1.29, 1.82) is 0 Å². The number of aromatic nitrogens is 2. The SMILES string of the molecule is CCc1ccc(-n2c(SC(C)C(=O)OC)nc3ccccc3c2=O)cc1. The number of benzene rings is 2. The summed E-state index contributed by atoms with van der Waals surface area (Å²) in [5.41, 5.74) is 2.37. The minimum Gasteiger partial charge on any atom is -0.468 e. The van der Waals surface area contributed by atoms with E-state index in [1.807, 2.05) is 36.4 Å². The van der Waals surface area contributed by atoms with Gasteiger partial charge in [0.2, 0.25) is 0 Å². The summed E-state index contributed by atoms with van der Waals surface area (Å²) in [5.74, 6) is -0.356. The van der Waals surface area contributed by atoms with Gasteiger partial charge in [0.15, 0.2) is 5.16 Å². The molecule has 0 aliphatic rings. The van der Waals surface area contributed by atoms with Crippen molar-refractivity contribution >= 4 is 28.6 Å². The Bertz CT molecular complexity index is 996. The lowest BCUT2D eigenvalue weighted by Gasteiger charge is -2.15. The van der Waals surface area contributed by atoms with E-state index in [4.69, 9.17) is 4.74 Å². The third kappa shape index (κ3) is 3.51. The summed E-state index contributed by atoms with van der Waals surface area (Å²) in [5, 5.41) is 0.534. The van der Waals surface area contributed by atoms with E-state index in [9.17, 15) is 9.59 Å². The monoisotopic (exact) mass is 368 g/mol. The molecule has 1 heterocycles. The van der Waals surface area contributed by atoms with Crippen LogP contribution in [0.1, 0.15) is 19.4 Å². The van der Waals surface area contributed by atoms with Crippen LogP contribution in [0.2, 0.25) is 0 Å². The molecule has 0 saturated heterocycles. The fraction of sp³-hybridized carbons (Fsp3) is 0.250. The molecular formula is C20H20N2O3S. The number of carbonyl (C=O) groups is 1. The first kappa shape index (κ1) is 18.2. The lowest BCUT2D eigenvalue weighted by atomic mass is 10.1. The molecule has 6 heteroatoms. The summed E-state index contributed by atoms with van der Waals surface area (Å²) in [6, 6.07) is 15.0. The summed E-state index contributed by atoms with van der Waals surface area (Å²) in [4.78, 5) is 29.6. The molecule has 1 unspecified atom stereocenters. The highest BCUT2D eigenvalue weighted by atomic mass is 32.2. The van der Waals surface area contributed by atoms with E-state index in [1.54, 1.807) is 23.6 Å². The van der Waals surface area contributed by atoms with E-state index in [0.717, 1.165) is 12.1 Å². The van der Waals surface area contributed by atoms with Gasteiger partial charge in [-0.2, -0.15) is 0 Å². The molecule has 0 aliphatic carbocycles. The predicted molar refractivity (Wildman–Crippen MR) is 104 cm³/mol. The first-order valence-corrected chi connectivity index (χ1v) is 9.28. The smallest absolute Gasteiger partial charge is 0.318 e. The van der Waals surface area contributed by atoms with Crippen LogP contribution in [0.4, 0.5) is 0 Å². The van der Waals surface area contributed by atoms with Crippen molar-refractivity contribution in [3.63, 3.8) is 0 Å². The van der Waals surface area contributed by atoms with Crippen molar-refractivity contribution in [2.24, 2.45) is 0 Å². The van der Waals surface area contributed by atoms with E-state index in [1.165, 1.54) is 24.4 Å². The lowest BCUT2D eigenvalue weighted by Crippen LogP contribution is -2.24. The molecule has 1 aromatic heterocycles. The van der Waals surface area contributed by atoms with Gasteiger partial charge in [-0.15, -0.1) is 0 Å². The van der Waals surface area contributed by atoms with Gasteiger partial charge >= 0.3 is 5.97 Å². The number of para-hydroxylation sites is 1. The highest BCUT2D eigenvalue weighted by molar-refractivity contribution is 8.00. The van der Waals surface area contributed by atoms with Gasteiger partial charge in [0.25, 0.3) is 5.56 Å². The van der Waals surface area contributed by atoms with E-state index in [0.29, 0.717) is 16.1 Å². The average Bonchev–Trinajstić information content (AvgIpc) is 2.67. The number of fused-ring (bicyclic) bond motifs is 1. The molecule has 0 saturated carbocycles. The molecule has 134 valence electrons. The van der Waals surface area contributed by atoms with Gasteiger partial charge in [-0.3, -0.25) is 14.2 Å². The topological polar surface area (TPSA) is 61.2 Å². The Morgan fingerprint density at radius 2 is 1.88 bits per heavy atom. The lowest BCUT2D eigenvalue weighted by molar-refractivity contribution is -0.139. The van der Waals surface area contributed by atoms with Crippen LogP contribution in [0.25, 0.3) is 16.6 Å². The Hall–Kier alpha value is -2.60. The summed E-state index contributed by atoms with van der Waals surface area (Å²) >= 11 is 1.21. The fourth-order valence-electron chi connectivity index (χ4n) is 2.67. The Labute approximate surface area is 156 Å². The summed E-state index contributed by atoms with van der Waals surface area (Å²) in [6.45, 7) is 3.82. The minimum absolute atomic E-state index is 0.153. The first-order valence-electron chi connectivity index (χ1n) is 8.40. The molecular weight excluding hydrogens is 348 g/mol. The number of thioether (sulfide) groups is 1. The molecule has 2 aromatic carbocycles. The molecule has 0 spiro atoms. The van der Waals surface area contributed by atoms with Crippen LogP contribution in [0, 0.1) is 0 Å². The molecule has 1 atom stereocenters. The standard InChI is InChI=1S/C20H20N2O3S/c1-4-14-9-11-15(12-10-14)22-18(23)16-7-5-6-8-17(16)21-20(22)26-13(2)19(24)25-3/h5-13H,4H2,1-3H3. The zero-order chi connectivity index (χ0) is 18.7. The van der Waals surface area contributed by atoms with Gasteiger partial charge in [0.05, 0.1) is 23.7 Å². The largest absolute Gasteiger partial charge is 0.468 e. The van der Waals surface area contributed by atoms with Gasteiger partial charge in [0, 0.05) is 0 Å². The van der Waals surface area contributed by atoms with Crippen molar-refractivity contribution in [1.82, 2.24) is 9.55 Å². The number of rotatable bonds is 5. The van der Waals surface area contributed by atoms with Crippen LogP contribution >= 0.6 is 11.8 Å². The van der Waals surface area contributed by atoms with Crippen LogP contribution in [0.15, 0.2) is 58.5 Å². The Morgan fingerprint density at radius 1 is 1.19 bits per heavy atom. The number of hydrogen-bond donors (Lipinski definition) is 0. The van der Waals surface area contributed by atoms with Crippen LogP contribution in [0.3, 0.4) is 0 Å². The highest BCUT2D eigenvalue weighted by Gasteiger charge is 2.20. The summed E-state index contributed by atoms with van der Waals surface area (Å²) < 4.78 is 6.36. The number of ether oxygens (including phenoxy) is 1. The molecule has 3 aromatic rings. The maximum atomic E-state index is 13.1. The van der Waals surface area contributed by atoms with Crippen molar-refractivity contribution in [3.8, 4) is 5.69 Å². The van der Waals surface area contributed by atoms with Crippen LogP contribution < -0.4 is 5.56 Å². The van der Waals surface area contributed by atoms with Crippen LogP contribution in [-0.2, 0) is 16.0 Å². The Balaban J connectivity index is 2.20. The number of carbonyl (C=O) groups excluding carboxylic acids is 1. The van der Waals surface area contributed by atoms with E-state index < -0.39 is 5.25 Å². The van der Waals surface area contributed by atoms with Crippen molar-refractivity contribution in [3.05, 3.63) is 64.4 Å². The van der Waals surface area contributed by atoms with E-state index >= 15 is 0 Å². The van der Waals surface area contributed by atoms with Crippen LogP contribution in [-0.4, -0.2) is 27.9 Å². The molecule has 5 nitrogen and oxygen atoms in total. The van der Waals surface area contributed by atoms with Gasteiger partial charge in [-0.25, -0.2) is 4.98 Å². The number of esters is 1. The van der Waals surface area contributed by atoms with Crippen molar-refractivity contribution in [2.75, 3.05) is 7.11 Å². The number of hydrogen-bond acceptors (Lipinski definition) is 5. The van der Waals surface area contributed by atoms with Gasteiger partial charge in [-0.05, 0) is 43.2 Å². The maximum absolute atomic E-state index is 13.1. The second kappa shape index (κ2) is 7.74. The molecule has 0 radical (unpaired) electrons. The molecule has 0 bridgehead atoms. The molecule has 0 amide bonds. The quantitative estimate of drug-likeness (QED) is 0.391. The van der Waals surface area contributed by atoms with Crippen molar-refractivity contribution < 1.29 is 9.53 Å². The maximum Gasteiger partial charge on any atom is 0.318 e. The third-order valence-corrected chi connectivity index (χ3v) is 5.19. The molecule has 0 N–H and O–H groups in total. The predicted octanol–water partition coefficient (Wildman–Crippen LogP) is 3.60. The van der Waals surface area contributed by atoms with Gasteiger partial charge in [-0.1, -0.05) is 43.0 Å². The normalized spacial score (nSPS) is 12.1. The first-order chi connectivity index (χ1) is 12.5. The highest BCUT2D eigenvalue weighted by Crippen LogP contribution is 2.25. The summed E-state index contributed by atoms with van der Waals surface area (Å²) in [6.07, 6.45) is 0.923. The zero-order valence-electron chi connectivity index (χ0n) is 14.9. The van der Waals surface area contributed by atoms with Crippen molar-refractivity contribution in [2.45, 2.75) is 30.7 Å². The second-order valence-corrected chi connectivity index (χ2v) is 7.16. The molecule has 3 rings (SSSR count). The van der Waals surface area contributed by atoms with E-state index in [2.05, 4.69) is 11.9 Å². The number of methoxy groups -OCH3 is 1. The van der Waals surface area contributed by atoms with Gasteiger partial charge < -0.3 is 4.74 Å². The van der Waals surface area contributed by atoms with E-state index in [-0.39, 0.29) is 11.5 Å². The zero-order valence-corrected chi connectivity index (χ0v) is 15.7. The Kier molecular flexibility index (Phi) is 5.42. The number of nitrogens with zero attached hydrogens (tertiary/aromatic N) is 2. The van der Waals surface area contributed by atoms with Crippen LogP contribution in [0.5, 0.6) is 0 Å². The molecule has 26 heavy (non-hydrogen) atoms.